The van der Waals surface area contributed by atoms with Gasteiger partial charge in [0.15, 0.2) is 0 Å². The second-order valence-electron chi connectivity index (χ2n) is 5.43. The summed E-state index contributed by atoms with van der Waals surface area (Å²) in [4.78, 5) is 12.2. The first-order valence-electron chi connectivity index (χ1n) is 7.62. The minimum absolute atomic E-state index is 0.349. The summed E-state index contributed by atoms with van der Waals surface area (Å²) in [6.07, 6.45) is -1.22. The molecule has 26 heavy (non-hydrogen) atoms. The van der Waals surface area contributed by atoms with Crippen molar-refractivity contribution in [3.05, 3.63) is 78.1 Å². The molecule has 0 saturated heterocycles. The highest BCUT2D eigenvalue weighted by Gasteiger charge is 2.30. The van der Waals surface area contributed by atoms with E-state index in [1.807, 2.05) is 24.4 Å². The molecule has 0 atom stereocenters. The van der Waals surface area contributed by atoms with Crippen molar-refractivity contribution in [3.63, 3.8) is 0 Å². The van der Waals surface area contributed by atoms with Gasteiger partial charge in [0.25, 0.3) is 5.91 Å². The van der Waals surface area contributed by atoms with Gasteiger partial charge in [-0.3, -0.25) is 9.48 Å². The summed E-state index contributed by atoms with van der Waals surface area (Å²) in [7, 11) is 0. The molecule has 5 nitrogen and oxygen atoms in total. The van der Waals surface area contributed by atoms with E-state index in [2.05, 4.69) is 15.2 Å². The molecular formula is C18H14F3N3O2. The Labute approximate surface area is 147 Å². The molecule has 0 aliphatic rings. The molecule has 8 heteroatoms. The van der Waals surface area contributed by atoms with Gasteiger partial charge in [0.2, 0.25) is 0 Å². The molecule has 3 aromatic rings. The smallest absolute Gasteiger partial charge is 0.406 e. The Hall–Kier alpha value is -3.29. The maximum absolute atomic E-state index is 12.2. The van der Waals surface area contributed by atoms with Crippen molar-refractivity contribution in [2.75, 3.05) is 5.32 Å². The van der Waals surface area contributed by atoms with E-state index in [9.17, 15) is 18.0 Å². The van der Waals surface area contributed by atoms with E-state index >= 15 is 0 Å². The Morgan fingerprint density at radius 1 is 1.08 bits per heavy atom. The van der Waals surface area contributed by atoms with Gasteiger partial charge < -0.3 is 10.1 Å². The molecular weight excluding hydrogens is 347 g/mol. The maximum atomic E-state index is 12.2. The number of carbonyl (C=O) groups excluding carboxylic acids is 1. The fraction of sp³-hybridized carbons (Fsp3) is 0.111. The van der Waals surface area contributed by atoms with Gasteiger partial charge in [0.1, 0.15) is 5.75 Å². The van der Waals surface area contributed by atoms with Crippen LogP contribution in [0.25, 0.3) is 0 Å². The summed E-state index contributed by atoms with van der Waals surface area (Å²) in [6.45, 7) is 0.593. The Morgan fingerprint density at radius 2 is 1.77 bits per heavy atom. The summed E-state index contributed by atoms with van der Waals surface area (Å²) in [5, 5.41) is 6.73. The Kier molecular flexibility index (Phi) is 4.92. The largest absolute Gasteiger partial charge is 0.573 e. The Bertz CT molecular complexity index is 858. The highest BCUT2D eigenvalue weighted by Crippen LogP contribution is 2.24. The van der Waals surface area contributed by atoms with Gasteiger partial charge in [0.05, 0.1) is 6.54 Å². The van der Waals surface area contributed by atoms with Gasteiger partial charge in [-0.1, -0.05) is 12.1 Å². The average Bonchev–Trinajstić information content (AvgIpc) is 3.09. The van der Waals surface area contributed by atoms with Crippen LogP contribution in [0.15, 0.2) is 67.0 Å². The number of benzene rings is 2. The molecule has 0 saturated carbocycles. The van der Waals surface area contributed by atoms with Crippen LogP contribution in [0.1, 0.15) is 15.9 Å². The zero-order valence-electron chi connectivity index (χ0n) is 13.4. The standard InChI is InChI=1S/C18H14F3N3O2/c19-18(20,21)26-16-8-6-15(7-9-16)23-17(25)14-4-2-13(3-5-14)12-24-11-1-10-22-24/h1-11H,12H2,(H,23,25). The summed E-state index contributed by atoms with van der Waals surface area (Å²) < 4.78 is 41.9. The van der Waals surface area contributed by atoms with Crippen molar-refractivity contribution in [3.8, 4) is 5.75 Å². The normalized spacial score (nSPS) is 11.2. The van der Waals surface area contributed by atoms with Crippen molar-refractivity contribution in [2.45, 2.75) is 12.9 Å². The van der Waals surface area contributed by atoms with Crippen molar-refractivity contribution < 1.29 is 22.7 Å². The summed E-state index contributed by atoms with van der Waals surface area (Å²) in [5.74, 6) is -0.710. The molecule has 0 spiro atoms. The first-order valence-corrected chi connectivity index (χ1v) is 7.62. The SMILES string of the molecule is O=C(Nc1ccc(OC(F)(F)F)cc1)c1ccc(Cn2cccn2)cc1. The van der Waals surface area contributed by atoms with Crippen LogP contribution in [0.2, 0.25) is 0 Å². The molecule has 0 bridgehead atoms. The van der Waals surface area contributed by atoms with Crippen LogP contribution < -0.4 is 10.1 Å². The molecule has 2 aromatic carbocycles. The topological polar surface area (TPSA) is 56.1 Å². The second-order valence-corrected chi connectivity index (χ2v) is 5.43. The van der Waals surface area contributed by atoms with Gasteiger partial charge in [-0.2, -0.15) is 5.10 Å². The molecule has 1 N–H and O–H groups in total. The zero-order chi connectivity index (χ0) is 18.6. The zero-order valence-corrected chi connectivity index (χ0v) is 13.4. The molecule has 134 valence electrons. The lowest BCUT2D eigenvalue weighted by atomic mass is 10.1. The van der Waals surface area contributed by atoms with Crippen LogP contribution in [-0.2, 0) is 6.54 Å². The van der Waals surface area contributed by atoms with E-state index in [-0.39, 0.29) is 11.7 Å². The van der Waals surface area contributed by atoms with Gasteiger partial charge in [-0.05, 0) is 48.0 Å². The van der Waals surface area contributed by atoms with E-state index in [4.69, 9.17) is 0 Å². The van der Waals surface area contributed by atoms with Crippen LogP contribution in [0.3, 0.4) is 0 Å². The third-order valence-corrected chi connectivity index (χ3v) is 3.47. The summed E-state index contributed by atoms with van der Waals surface area (Å²) in [5.41, 5.74) is 1.79. The summed E-state index contributed by atoms with van der Waals surface area (Å²) in [6, 6.07) is 13.8. The molecule has 3 rings (SSSR count). The Balaban J connectivity index is 1.60. The lowest BCUT2D eigenvalue weighted by Crippen LogP contribution is -2.17. The van der Waals surface area contributed by atoms with Crippen LogP contribution in [-0.4, -0.2) is 22.1 Å². The van der Waals surface area contributed by atoms with E-state index in [0.29, 0.717) is 17.8 Å². The van der Waals surface area contributed by atoms with Crippen LogP contribution in [0.4, 0.5) is 18.9 Å². The predicted octanol–water partition coefficient (Wildman–Crippen LogP) is 4.08. The summed E-state index contributed by atoms with van der Waals surface area (Å²) >= 11 is 0. The van der Waals surface area contributed by atoms with Crippen molar-refractivity contribution in [2.24, 2.45) is 0 Å². The second kappa shape index (κ2) is 7.30. The van der Waals surface area contributed by atoms with Crippen molar-refractivity contribution >= 4 is 11.6 Å². The first-order chi connectivity index (χ1) is 12.4. The van der Waals surface area contributed by atoms with E-state index in [1.54, 1.807) is 23.0 Å². The number of halogens is 3. The highest BCUT2D eigenvalue weighted by molar-refractivity contribution is 6.04. The molecule has 0 radical (unpaired) electrons. The quantitative estimate of drug-likeness (QED) is 0.745. The predicted molar refractivity (Wildman–Crippen MR) is 88.8 cm³/mol. The van der Waals surface area contributed by atoms with Crippen LogP contribution >= 0.6 is 0 Å². The van der Waals surface area contributed by atoms with Gasteiger partial charge in [-0.15, -0.1) is 13.2 Å². The number of rotatable bonds is 5. The molecule has 1 amide bonds. The first kappa shape index (κ1) is 17.5. The maximum Gasteiger partial charge on any atom is 0.573 e. The number of anilines is 1. The van der Waals surface area contributed by atoms with E-state index < -0.39 is 6.36 Å². The van der Waals surface area contributed by atoms with Gasteiger partial charge in [0, 0.05) is 23.6 Å². The van der Waals surface area contributed by atoms with E-state index in [1.165, 1.54) is 12.1 Å². The lowest BCUT2D eigenvalue weighted by Gasteiger charge is -2.10. The molecule has 0 aliphatic carbocycles. The van der Waals surface area contributed by atoms with Crippen LogP contribution in [0, 0.1) is 0 Å². The number of alkyl halides is 3. The molecule has 0 aliphatic heterocycles. The number of carbonyl (C=O) groups is 1. The third kappa shape index (κ3) is 4.85. The number of aromatic nitrogens is 2. The molecule has 1 aromatic heterocycles. The van der Waals surface area contributed by atoms with Gasteiger partial charge in [-0.25, -0.2) is 0 Å². The van der Waals surface area contributed by atoms with Crippen LogP contribution in [0.5, 0.6) is 5.75 Å². The van der Waals surface area contributed by atoms with Crippen molar-refractivity contribution in [1.82, 2.24) is 9.78 Å². The highest BCUT2D eigenvalue weighted by atomic mass is 19.4. The number of ether oxygens (including phenoxy) is 1. The van der Waals surface area contributed by atoms with E-state index in [0.717, 1.165) is 17.7 Å². The minimum atomic E-state index is -4.75. The minimum Gasteiger partial charge on any atom is -0.406 e. The number of hydrogen-bond acceptors (Lipinski definition) is 3. The number of nitrogens with one attached hydrogen (secondary N) is 1. The number of hydrogen-bond donors (Lipinski definition) is 1. The monoisotopic (exact) mass is 361 g/mol. The number of nitrogens with zero attached hydrogens (tertiary/aromatic N) is 2. The molecule has 0 fully saturated rings. The fourth-order valence-electron chi connectivity index (χ4n) is 2.29. The molecule has 0 unspecified atom stereocenters. The molecule has 1 heterocycles. The van der Waals surface area contributed by atoms with Crippen molar-refractivity contribution in [1.29, 1.82) is 0 Å². The fourth-order valence-corrected chi connectivity index (χ4v) is 2.29. The number of amides is 1. The Morgan fingerprint density at radius 3 is 2.35 bits per heavy atom. The average molecular weight is 361 g/mol. The van der Waals surface area contributed by atoms with Gasteiger partial charge >= 0.3 is 6.36 Å². The third-order valence-electron chi connectivity index (χ3n) is 3.47. The lowest BCUT2D eigenvalue weighted by molar-refractivity contribution is -0.274.